The number of benzene rings is 3. The fraction of sp³-hybridized carbons (Fsp3) is 0.378. The van der Waals surface area contributed by atoms with E-state index in [1.54, 1.807) is 11.1 Å². The van der Waals surface area contributed by atoms with Gasteiger partial charge in [-0.25, -0.2) is 9.97 Å². The molecule has 0 bridgehead atoms. The van der Waals surface area contributed by atoms with E-state index in [-0.39, 0.29) is 49.1 Å². The number of hydrogen-bond donors (Lipinski definition) is 3. The van der Waals surface area contributed by atoms with Crippen molar-refractivity contribution < 1.29 is 33.8 Å². The third-order valence-electron chi connectivity index (χ3n) is 12.0. The summed E-state index contributed by atoms with van der Waals surface area (Å²) in [6.07, 6.45) is 5.19. The Bertz CT molecular complexity index is 2330. The average molecular weight is 785 g/mol. The van der Waals surface area contributed by atoms with Gasteiger partial charge in [0.1, 0.15) is 11.6 Å². The van der Waals surface area contributed by atoms with Crippen molar-refractivity contribution in [3.05, 3.63) is 102 Å². The lowest BCUT2D eigenvalue weighted by Gasteiger charge is -2.29. The Morgan fingerprint density at radius 2 is 1.38 bits per heavy atom. The van der Waals surface area contributed by atoms with Crippen molar-refractivity contribution in [1.29, 1.82) is 0 Å². The predicted molar refractivity (Wildman–Crippen MR) is 216 cm³/mol. The fourth-order valence-electron chi connectivity index (χ4n) is 8.77. The molecule has 1 saturated heterocycles. The van der Waals surface area contributed by atoms with E-state index in [4.69, 9.17) is 14.5 Å². The smallest absolute Gasteiger partial charge is 0.306 e. The monoisotopic (exact) mass is 784 g/mol. The summed E-state index contributed by atoms with van der Waals surface area (Å²) in [6, 6.07) is 21.8. The molecule has 0 aliphatic carbocycles. The minimum Gasteiger partial charge on any atom is -0.469 e. The summed E-state index contributed by atoms with van der Waals surface area (Å²) in [5.74, 6) is -0.898. The number of imidazole rings is 2. The first-order valence-corrected chi connectivity index (χ1v) is 19.9. The lowest BCUT2D eigenvalue weighted by Crippen LogP contribution is -2.39. The van der Waals surface area contributed by atoms with Crippen LogP contribution in [0.25, 0.3) is 33.6 Å². The second-order valence-corrected chi connectivity index (χ2v) is 15.9. The zero-order chi connectivity index (χ0) is 40.7. The molecule has 2 aromatic heterocycles. The number of carbonyl (C=O) groups excluding carboxylic acids is 4. The third kappa shape index (κ3) is 7.42. The van der Waals surface area contributed by atoms with Crippen LogP contribution in [0.1, 0.15) is 74.4 Å². The van der Waals surface area contributed by atoms with Gasteiger partial charge in [0.2, 0.25) is 11.8 Å². The maximum atomic E-state index is 14.0. The summed E-state index contributed by atoms with van der Waals surface area (Å²) in [4.78, 5) is 71.7. The second-order valence-electron chi connectivity index (χ2n) is 15.9. The van der Waals surface area contributed by atoms with E-state index in [1.807, 2.05) is 67.4 Å². The van der Waals surface area contributed by atoms with Crippen molar-refractivity contribution in [1.82, 2.24) is 24.8 Å². The predicted octanol–water partition coefficient (Wildman–Crippen LogP) is 6.36. The van der Waals surface area contributed by atoms with Crippen molar-refractivity contribution in [3.8, 4) is 33.6 Å². The first kappa shape index (κ1) is 38.8. The Morgan fingerprint density at radius 1 is 0.810 bits per heavy atom. The molecular formula is C45H48N6O7. The molecule has 0 saturated carbocycles. The number of nitrogens with zero attached hydrogens (tertiary/aromatic N) is 4. The maximum absolute atomic E-state index is 14.0. The number of rotatable bonds is 11. The Hall–Kier alpha value is -6.08. The van der Waals surface area contributed by atoms with Crippen molar-refractivity contribution in [2.24, 2.45) is 17.8 Å². The minimum absolute atomic E-state index is 0.0181. The number of methoxy groups -OCH3 is 2. The van der Waals surface area contributed by atoms with Gasteiger partial charge in [-0.3, -0.25) is 19.2 Å². The van der Waals surface area contributed by atoms with Gasteiger partial charge < -0.3 is 34.3 Å². The Balaban J connectivity index is 0.957. The Morgan fingerprint density at radius 3 is 1.97 bits per heavy atom. The van der Waals surface area contributed by atoms with Gasteiger partial charge in [-0.15, -0.1) is 0 Å². The molecule has 0 radical (unpaired) electrons. The topological polar surface area (TPSA) is 171 Å². The molecule has 5 heterocycles. The van der Waals surface area contributed by atoms with Crippen LogP contribution in [-0.4, -0.2) is 80.6 Å². The van der Waals surface area contributed by atoms with E-state index in [0.29, 0.717) is 30.9 Å². The summed E-state index contributed by atoms with van der Waals surface area (Å²) in [6.45, 7) is 3.98. The van der Waals surface area contributed by atoms with E-state index in [2.05, 4.69) is 39.2 Å². The Kier molecular flexibility index (Phi) is 10.7. The van der Waals surface area contributed by atoms with Gasteiger partial charge in [-0.1, -0.05) is 80.6 Å². The number of para-hydroxylation sites is 1. The van der Waals surface area contributed by atoms with Gasteiger partial charge >= 0.3 is 11.9 Å². The molecule has 5 atom stereocenters. The molecule has 13 heteroatoms. The van der Waals surface area contributed by atoms with E-state index in [1.165, 1.54) is 14.2 Å². The SMILES string of the molecule is COC(=O)C[C@H]1CCc2cccc3c2N(C1=O)[C@H](c1ncc(-c2ccc(-c4ccc(-c5cnc([C@@H]6C[C@H](O)CN6C(=O)[C@@H](CC(=O)OC)C(C)C)[nH]5)cc4)cc2)[nH]1)C3. The van der Waals surface area contributed by atoms with Crippen LogP contribution in [0.15, 0.2) is 79.1 Å². The molecule has 1 fully saturated rings. The maximum Gasteiger partial charge on any atom is 0.306 e. The van der Waals surface area contributed by atoms with Gasteiger partial charge in [0.15, 0.2) is 0 Å². The van der Waals surface area contributed by atoms with Crippen molar-refractivity contribution in [2.45, 2.75) is 70.6 Å². The van der Waals surface area contributed by atoms with E-state index in [9.17, 15) is 24.3 Å². The molecule has 300 valence electrons. The molecule has 58 heavy (non-hydrogen) atoms. The molecule has 13 nitrogen and oxygen atoms in total. The fourth-order valence-corrected chi connectivity index (χ4v) is 8.77. The molecular weight excluding hydrogens is 737 g/mol. The number of aromatic nitrogens is 4. The van der Waals surface area contributed by atoms with Crippen LogP contribution in [0.4, 0.5) is 5.69 Å². The van der Waals surface area contributed by atoms with E-state index in [0.717, 1.165) is 56.9 Å². The Labute approximate surface area is 336 Å². The number of aliphatic hydroxyl groups excluding tert-OH is 1. The van der Waals surface area contributed by atoms with Crippen LogP contribution >= 0.6 is 0 Å². The zero-order valence-corrected chi connectivity index (χ0v) is 33.1. The van der Waals surface area contributed by atoms with Gasteiger partial charge in [-0.2, -0.15) is 0 Å². The van der Waals surface area contributed by atoms with Crippen LogP contribution in [0, 0.1) is 17.8 Å². The molecule has 0 spiro atoms. The van der Waals surface area contributed by atoms with Crippen LogP contribution in [0.2, 0.25) is 0 Å². The zero-order valence-electron chi connectivity index (χ0n) is 33.1. The molecule has 8 rings (SSSR count). The molecule has 3 N–H and O–H groups in total. The van der Waals surface area contributed by atoms with Gasteiger partial charge in [0, 0.05) is 25.3 Å². The van der Waals surface area contributed by atoms with Gasteiger partial charge in [-0.05, 0) is 52.1 Å². The lowest BCUT2D eigenvalue weighted by atomic mass is 9.91. The molecule has 2 amide bonds. The van der Waals surface area contributed by atoms with Crippen molar-refractivity contribution in [2.75, 3.05) is 25.7 Å². The number of amides is 2. The number of aromatic amines is 2. The van der Waals surface area contributed by atoms with Gasteiger partial charge in [0.25, 0.3) is 0 Å². The summed E-state index contributed by atoms with van der Waals surface area (Å²) in [7, 11) is 2.67. The summed E-state index contributed by atoms with van der Waals surface area (Å²) in [5.41, 5.74) is 8.75. The number of nitrogens with one attached hydrogen (secondary N) is 2. The summed E-state index contributed by atoms with van der Waals surface area (Å²) < 4.78 is 9.76. The molecule has 0 unspecified atom stereocenters. The number of aliphatic hydroxyl groups is 1. The largest absolute Gasteiger partial charge is 0.469 e. The van der Waals surface area contributed by atoms with Crippen LogP contribution in [0.3, 0.4) is 0 Å². The number of anilines is 1. The highest BCUT2D eigenvalue weighted by atomic mass is 16.5. The quantitative estimate of drug-likeness (QED) is 0.129. The minimum atomic E-state index is -0.693. The molecule has 3 aromatic carbocycles. The number of hydrogen-bond acceptors (Lipinski definition) is 9. The number of likely N-dealkylation sites (tertiary alicyclic amines) is 1. The summed E-state index contributed by atoms with van der Waals surface area (Å²) >= 11 is 0. The second kappa shape index (κ2) is 16.0. The van der Waals surface area contributed by atoms with Crippen molar-refractivity contribution >= 4 is 29.4 Å². The number of aryl methyl sites for hydroxylation is 1. The molecule has 5 aromatic rings. The third-order valence-corrected chi connectivity index (χ3v) is 12.0. The first-order chi connectivity index (χ1) is 28.0. The van der Waals surface area contributed by atoms with E-state index < -0.39 is 30.0 Å². The number of esters is 2. The molecule has 3 aliphatic heterocycles. The van der Waals surface area contributed by atoms with Crippen LogP contribution < -0.4 is 4.90 Å². The normalized spacial score (nSPS) is 20.6. The number of H-pyrrole nitrogens is 2. The first-order valence-electron chi connectivity index (χ1n) is 19.9. The number of β-amino-alcohol motifs (C(OH)–C–C–N with tert-alkyl or cyclic N) is 1. The summed E-state index contributed by atoms with van der Waals surface area (Å²) in [5, 5.41) is 10.6. The van der Waals surface area contributed by atoms with Crippen molar-refractivity contribution in [3.63, 3.8) is 0 Å². The highest BCUT2D eigenvalue weighted by Crippen LogP contribution is 2.46. The standard InChI is InChI=1S/C45H48N6O7/c1-25(2)34(21-40(54)58-4)45(56)50-24-33(52)20-37(50)42-46-22-35(48-42)28-12-8-26(9-13-28)27-10-14-29(15-11-27)36-23-47-43(49-36)38-18-31-7-5-6-30-16-17-32(19-39(53)57-3)44(55)51(38)41(30)31/h5-15,22-23,25,32-34,37-38,52H,16-21,24H2,1-4H3,(H,46,48)(H,47,49)/t32-,33+,34+,37+,38+/m1/s1. The van der Waals surface area contributed by atoms with E-state index >= 15 is 0 Å². The van der Waals surface area contributed by atoms with Crippen LogP contribution in [-0.2, 0) is 41.5 Å². The molecule has 3 aliphatic rings. The lowest BCUT2D eigenvalue weighted by molar-refractivity contribution is -0.148. The average Bonchev–Trinajstić information content (AvgIpc) is 4.05. The number of carbonyl (C=O) groups is 4. The highest BCUT2D eigenvalue weighted by Gasteiger charge is 2.43. The number of ether oxygens (including phenoxy) is 2. The van der Waals surface area contributed by atoms with Gasteiger partial charge in [0.05, 0.1) is 80.6 Å². The highest BCUT2D eigenvalue weighted by molar-refractivity contribution is 6.00. The van der Waals surface area contributed by atoms with Crippen LogP contribution in [0.5, 0.6) is 0 Å².